The summed E-state index contributed by atoms with van der Waals surface area (Å²) in [5.41, 5.74) is -0.238. The van der Waals surface area contributed by atoms with Gasteiger partial charge < -0.3 is 20.0 Å². The summed E-state index contributed by atoms with van der Waals surface area (Å²) in [6.07, 6.45) is 3.93. The third-order valence-corrected chi connectivity index (χ3v) is 5.32. The Morgan fingerprint density at radius 1 is 1.10 bits per heavy atom. The van der Waals surface area contributed by atoms with Crippen LogP contribution in [0.2, 0.25) is 0 Å². The van der Waals surface area contributed by atoms with Gasteiger partial charge in [0, 0.05) is 19.1 Å². The van der Waals surface area contributed by atoms with E-state index in [-0.39, 0.29) is 17.9 Å². The highest BCUT2D eigenvalue weighted by Crippen LogP contribution is 2.16. The summed E-state index contributed by atoms with van der Waals surface area (Å²) in [7, 11) is 0. The topological polar surface area (TPSA) is 91.7 Å². The van der Waals surface area contributed by atoms with Crippen LogP contribution in [-0.4, -0.2) is 47.8 Å². The summed E-state index contributed by atoms with van der Waals surface area (Å²) in [5.74, 6) is -3.82. The molecule has 2 aromatic rings. The monoisotopic (exact) mass is 433 g/mol. The van der Waals surface area contributed by atoms with Crippen LogP contribution in [0.1, 0.15) is 47.4 Å². The smallest absolute Gasteiger partial charge is 0.257 e. The molecule has 166 valence electrons. The van der Waals surface area contributed by atoms with Crippen molar-refractivity contribution in [3.63, 3.8) is 0 Å². The van der Waals surface area contributed by atoms with Gasteiger partial charge in [0.15, 0.2) is 0 Å². The van der Waals surface area contributed by atoms with E-state index in [4.69, 9.17) is 4.42 Å². The van der Waals surface area contributed by atoms with Gasteiger partial charge in [-0.15, -0.1) is 0 Å². The van der Waals surface area contributed by atoms with Crippen molar-refractivity contribution >= 4 is 17.7 Å². The maximum atomic E-state index is 13.9. The summed E-state index contributed by atoms with van der Waals surface area (Å²) in [6.45, 7) is 4.39. The van der Waals surface area contributed by atoms with Gasteiger partial charge >= 0.3 is 0 Å². The number of benzene rings is 1. The van der Waals surface area contributed by atoms with Gasteiger partial charge in [0.1, 0.15) is 29.5 Å². The molecular weight excluding hydrogens is 408 g/mol. The van der Waals surface area contributed by atoms with Crippen molar-refractivity contribution in [1.29, 1.82) is 0 Å². The van der Waals surface area contributed by atoms with Crippen LogP contribution in [0.3, 0.4) is 0 Å². The van der Waals surface area contributed by atoms with Gasteiger partial charge in [-0.25, -0.2) is 8.78 Å². The Labute approximate surface area is 178 Å². The number of amides is 3. The normalized spacial score (nSPS) is 15.6. The fraction of sp³-hybridized carbons (Fsp3) is 0.409. The Morgan fingerprint density at radius 3 is 2.29 bits per heavy atom. The zero-order valence-corrected chi connectivity index (χ0v) is 17.4. The molecule has 0 radical (unpaired) electrons. The second kappa shape index (κ2) is 9.72. The summed E-state index contributed by atoms with van der Waals surface area (Å²) < 4.78 is 32.7. The Bertz CT molecular complexity index is 918. The number of carbonyl (C=O) groups excluding carboxylic acids is 3. The van der Waals surface area contributed by atoms with Gasteiger partial charge in [0.05, 0.1) is 11.8 Å². The first-order valence-corrected chi connectivity index (χ1v) is 10.1. The van der Waals surface area contributed by atoms with Crippen LogP contribution in [0.25, 0.3) is 0 Å². The molecule has 2 heterocycles. The number of likely N-dealkylation sites (tertiary alicyclic amines) is 1. The maximum Gasteiger partial charge on any atom is 0.257 e. The molecule has 9 heteroatoms. The Morgan fingerprint density at radius 2 is 1.74 bits per heavy atom. The molecule has 1 aliphatic heterocycles. The Balaban J connectivity index is 1.58. The zero-order chi connectivity index (χ0) is 22.5. The number of nitrogens with zero attached hydrogens (tertiary/aromatic N) is 1. The van der Waals surface area contributed by atoms with Gasteiger partial charge in [0.25, 0.3) is 11.8 Å². The third kappa shape index (κ3) is 5.28. The van der Waals surface area contributed by atoms with Crippen LogP contribution in [0.5, 0.6) is 0 Å². The van der Waals surface area contributed by atoms with Crippen LogP contribution in [0.15, 0.2) is 41.2 Å². The molecule has 0 spiro atoms. The average Bonchev–Trinajstić information content (AvgIpc) is 3.26. The van der Waals surface area contributed by atoms with E-state index in [2.05, 4.69) is 10.6 Å². The molecule has 2 N–H and O–H groups in total. The van der Waals surface area contributed by atoms with Crippen molar-refractivity contribution in [2.24, 2.45) is 5.92 Å². The molecule has 0 saturated carbocycles. The number of hydrogen-bond donors (Lipinski definition) is 2. The molecule has 31 heavy (non-hydrogen) atoms. The van der Waals surface area contributed by atoms with Crippen LogP contribution in [0.4, 0.5) is 8.78 Å². The highest BCUT2D eigenvalue weighted by atomic mass is 19.1. The van der Waals surface area contributed by atoms with Crippen molar-refractivity contribution in [2.75, 3.05) is 13.1 Å². The zero-order valence-electron chi connectivity index (χ0n) is 17.4. The fourth-order valence-electron chi connectivity index (χ4n) is 3.55. The van der Waals surface area contributed by atoms with Crippen molar-refractivity contribution < 1.29 is 27.6 Å². The molecule has 7 nitrogen and oxygen atoms in total. The quantitative estimate of drug-likeness (QED) is 0.733. The summed E-state index contributed by atoms with van der Waals surface area (Å²) in [6, 6.07) is 3.60. The van der Waals surface area contributed by atoms with E-state index in [0.717, 1.165) is 18.2 Å². The van der Waals surface area contributed by atoms with Crippen molar-refractivity contribution in [3.05, 3.63) is 59.6 Å². The van der Waals surface area contributed by atoms with E-state index in [1.807, 2.05) is 0 Å². The summed E-state index contributed by atoms with van der Waals surface area (Å²) in [5, 5.41) is 5.33. The van der Waals surface area contributed by atoms with E-state index < -0.39 is 35.1 Å². The maximum absolute atomic E-state index is 13.9. The third-order valence-electron chi connectivity index (χ3n) is 5.32. The van der Waals surface area contributed by atoms with Crippen molar-refractivity contribution in [1.82, 2.24) is 15.5 Å². The van der Waals surface area contributed by atoms with Gasteiger partial charge in [0.2, 0.25) is 5.91 Å². The predicted molar refractivity (Wildman–Crippen MR) is 108 cm³/mol. The Hall–Kier alpha value is -3.23. The lowest BCUT2D eigenvalue weighted by atomic mass is 9.99. The van der Waals surface area contributed by atoms with Crippen LogP contribution < -0.4 is 10.6 Å². The lowest BCUT2D eigenvalue weighted by molar-refractivity contribution is -0.124. The number of halogens is 2. The minimum absolute atomic E-state index is 0.127. The summed E-state index contributed by atoms with van der Waals surface area (Å²) >= 11 is 0. The standard InChI is InChI=1S/C22H25F2N3O4/c1-13(2)19(26-20(28)18-16(23)4-3-5-17(18)24)21(29)25-15-6-9-27(10-7-15)22(30)14-8-11-31-12-14/h3-5,8,11-13,15,19H,6-7,9-10H2,1-2H3,(H,25,29)(H,26,28). The van der Waals surface area contributed by atoms with Gasteiger partial charge in [-0.1, -0.05) is 19.9 Å². The first-order valence-electron chi connectivity index (χ1n) is 10.1. The molecule has 3 amide bonds. The SMILES string of the molecule is CC(C)C(NC(=O)c1c(F)cccc1F)C(=O)NC1CCN(C(=O)c2ccoc2)CC1. The van der Waals surface area contributed by atoms with E-state index in [1.165, 1.54) is 12.5 Å². The number of carbonyl (C=O) groups is 3. The van der Waals surface area contributed by atoms with Crippen molar-refractivity contribution in [2.45, 2.75) is 38.8 Å². The van der Waals surface area contributed by atoms with Crippen LogP contribution >= 0.6 is 0 Å². The van der Waals surface area contributed by atoms with E-state index >= 15 is 0 Å². The van der Waals surface area contributed by atoms with E-state index in [9.17, 15) is 23.2 Å². The number of piperidine rings is 1. The van der Waals surface area contributed by atoms with Gasteiger partial charge in [-0.2, -0.15) is 0 Å². The lowest BCUT2D eigenvalue weighted by Crippen LogP contribution is -2.54. The highest BCUT2D eigenvalue weighted by molar-refractivity contribution is 5.98. The van der Waals surface area contributed by atoms with Crippen LogP contribution in [-0.2, 0) is 4.79 Å². The molecule has 1 fully saturated rings. The van der Waals surface area contributed by atoms with Gasteiger partial charge in [-0.3, -0.25) is 14.4 Å². The van der Waals surface area contributed by atoms with Crippen molar-refractivity contribution in [3.8, 4) is 0 Å². The largest absolute Gasteiger partial charge is 0.472 e. The molecule has 3 rings (SSSR count). The number of hydrogen-bond acceptors (Lipinski definition) is 4. The first kappa shape index (κ1) is 22.5. The molecule has 0 bridgehead atoms. The number of nitrogens with one attached hydrogen (secondary N) is 2. The molecule has 0 aliphatic carbocycles. The molecule has 1 aliphatic rings. The van der Waals surface area contributed by atoms with E-state index in [0.29, 0.717) is 31.5 Å². The first-order chi connectivity index (χ1) is 14.8. The lowest BCUT2D eigenvalue weighted by Gasteiger charge is -2.33. The minimum atomic E-state index is -0.991. The summed E-state index contributed by atoms with van der Waals surface area (Å²) in [4.78, 5) is 39.2. The molecule has 1 aromatic heterocycles. The Kier molecular flexibility index (Phi) is 7.04. The molecule has 1 saturated heterocycles. The minimum Gasteiger partial charge on any atom is -0.472 e. The molecule has 1 unspecified atom stereocenters. The second-order valence-electron chi connectivity index (χ2n) is 7.88. The fourth-order valence-corrected chi connectivity index (χ4v) is 3.55. The number of rotatable bonds is 6. The van der Waals surface area contributed by atoms with Gasteiger partial charge in [-0.05, 0) is 37.0 Å². The molecule has 1 aromatic carbocycles. The van der Waals surface area contributed by atoms with Crippen LogP contribution in [0, 0.1) is 17.6 Å². The van der Waals surface area contributed by atoms with E-state index in [1.54, 1.807) is 24.8 Å². The second-order valence-corrected chi connectivity index (χ2v) is 7.88. The molecule has 1 atom stereocenters. The number of furan rings is 1. The highest BCUT2D eigenvalue weighted by Gasteiger charge is 2.30. The molecular formula is C22H25F2N3O4. The predicted octanol–water partition coefficient (Wildman–Crippen LogP) is 2.73. The average molecular weight is 433 g/mol.